The molecule has 1 aliphatic carbocycles. The Hall–Kier alpha value is -1.31. The minimum Gasteiger partial charge on any atom is -0.309 e. The summed E-state index contributed by atoms with van der Waals surface area (Å²) >= 11 is 0. The van der Waals surface area contributed by atoms with E-state index in [9.17, 15) is 4.79 Å². The third-order valence-corrected chi connectivity index (χ3v) is 4.65. The van der Waals surface area contributed by atoms with Crippen LogP contribution in [0.5, 0.6) is 0 Å². The van der Waals surface area contributed by atoms with Gasteiger partial charge in [0.05, 0.1) is 0 Å². The number of nitrogens with zero attached hydrogens (tertiary/aromatic N) is 1. The molecule has 0 bridgehead atoms. The average Bonchev–Trinajstić information content (AvgIpc) is 2.27. The van der Waals surface area contributed by atoms with E-state index < -0.39 is 0 Å². The van der Waals surface area contributed by atoms with Gasteiger partial charge in [0.2, 0.25) is 5.91 Å². The van der Waals surface area contributed by atoms with E-state index in [1.807, 2.05) is 6.07 Å². The number of para-hydroxylation sites is 1. The fraction of sp³-hybridized carbons (Fsp3) is 0.562. The number of hydrogen-bond donors (Lipinski definition) is 0. The molecule has 2 atom stereocenters. The predicted molar refractivity (Wildman–Crippen MR) is 73.6 cm³/mol. The first-order valence-corrected chi connectivity index (χ1v) is 7.06. The van der Waals surface area contributed by atoms with Crippen LogP contribution in [0.1, 0.15) is 38.7 Å². The van der Waals surface area contributed by atoms with Crippen LogP contribution in [-0.4, -0.2) is 11.9 Å². The van der Waals surface area contributed by atoms with E-state index in [4.69, 9.17) is 0 Å². The SMILES string of the molecule is CC(=O)N1c2ccccc2C[C@@H](C)[C@@H]1C1CCC1. The second kappa shape index (κ2) is 4.42. The lowest BCUT2D eigenvalue weighted by Gasteiger charge is -2.47. The van der Waals surface area contributed by atoms with Crippen molar-refractivity contribution in [3.8, 4) is 0 Å². The van der Waals surface area contributed by atoms with Crippen LogP contribution >= 0.6 is 0 Å². The van der Waals surface area contributed by atoms with Gasteiger partial charge in [-0.2, -0.15) is 0 Å². The zero-order chi connectivity index (χ0) is 12.7. The molecule has 1 aromatic rings. The Morgan fingerprint density at radius 1 is 1.28 bits per heavy atom. The van der Waals surface area contributed by atoms with Crippen LogP contribution < -0.4 is 4.90 Å². The van der Waals surface area contributed by atoms with E-state index in [2.05, 4.69) is 30.0 Å². The Labute approximate surface area is 109 Å². The Balaban J connectivity index is 2.02. The van der Waals surface area contributed by atoms with E-state index in [-0.39, 0.29) is 5.91 Å². The topological polar surface area (TPSA) is 20.3 Å². The largest absolute Gasteiger partial charge is 0.309 e. The molecule has 1 amide bonds. The van der Waals surface area contributed by atoms with Crippen molar-refractivity contribution >= 4 is 11.6 Å². The Morgan fingerprint density at radius 2 is 2.00 bits per heavy atom. The van der Waals surface area contributed by atoms with Crippen molar-refractivity contribution in [2.24, 2.45) is 11.8 Å². The van der Waals surface area contributed by atoms with Gasteiger partial charge in [-0.3, -0.25) is 4.79 Å². The summed E-state index contributed by atoms with van der Waals surface area (Å²) in [4.78, 5) is 14.2. The molecule has 2 heteroatoms. The summed E-state index contributed by atoms with van der Waals surface area (Å²) in [5, 5.41) is 0. The maximum absolute atomic E-state index is 12.1. The fourth-order valence-electron chi connectivity index (χ4n) is 3.64. The van der Waals surface area contributed by atoms with Gasteiger partial charge in [0.1, 0.15) is 0 Å². The van der Waals surface area contributed by atoms with Gasteiger partial charge in [0, 0.05) is 18.7 Å². The molecule has 96 valence electrons. The van der Waals surface area contributed by atoms with Crippen molar-refractivity contribution in [2.45, 2.75) is 45.6 Å². The highest BCUT2D eigenvalue weighted by Gasteiger charge is 2.40. The molecule has 0 N–H and O–H groups in total. The molecular weight excluding hydrogens is 222 g/mol. The monoisotopic (exact) mass is 243 g/mol. The molecule has 0 saturated heterocycles. The van der Waals surface area contributed by atoms with Crippen molar-refractivity contribution in [3.63, 3.8) is 0 Å². The van der Waals surface area contributed by atoms with Crippen LogP contribution in [-0.2, 0) is 11.2 Å². The third-order valence-electron chi connectivity index (χ3n) is 4.65. The first kappa shape index (κ1) is 11.8. The Kier molecular flexibility index (Phi) is 2.89. The van der Waals surface area contributed by atoms with Gasteiger partial charge in [-0.25, -0.2) is 0 Å². The van der Waals surface area contributed by atoms with E-state index in [0.29, 0.717) is 12.0 Å². The number of anilines is 1. The average molecular weight is 243 g/mol. The number of hydrogen-bond acceptors (Lipinski definition) is 1. The van der Waals surface area contributed by atoms with Crippen molar-refractivity contribution < 1.29 is 4.79 Å². The molecular formula is C16H21NO. The highest BCUT2D eigenvalue weighted by atomic mass is 16.2. The van der Waals surface area contributed by atoms with E-state index >= 15 is 0 Å². The molecule has 1 fully saturated rings. The minimum atomic E-state index is 0.200. The highest BCUT2D eigenvalue weighted by molar-refractivity contribution is 5.93. The Morgan fingerprint density at radius 3 is 2.61 bits per heavy atom. The molecule has 18 heavy (non-hydrogen) atoms. The van der Waals surface area contributed by atoms with Gasteiger partial charge in [-0.15, -0.1) is 0 Å². The molecule has 3 rings (SSSR count). The molecule has 0 radical (unpaired) electrons. The van der Waals surface area contributed by atoms with Crippen LogP contribution in [0.15, 0.2) is 24.3 Å². The van der Waals surface area contributed by atoms with E-state index in [1.54, 1.807) is 6.92 Å². The molecule has 0 aromatic heterocycles. The molecule has 1 heterocycles. The summed E-state index contributed by atoms with van der Waals surface area (Å²) in [6, 6.07) is 8.81. The van der Waals surface area contributed by atoms with Crippen LogP contribution in [0, 0.1) is 11.8 Å². The highest BCUT2D eigenvalue weighted by Crippen LogP contribution is 2.42. The molecule has 1 saturated carbocycles. The van der Waals surface area contributed by atoms with Gasteiger partial charge < -0.3 is 4.90 Å². The maximum Gasteiger partial charge on any atom is 0.224 e. The lowest BCUT2D eigenvalue weighted by atomic mass is 9.71. The molecule has 1 aliphatic heterocycles. The third kappa shape index (κ3) is 1.75. The van der Waals surface area contributed by atoms with Gasteiger partial charge in [0.25, 0.3) is 0 Å². The van der Waals surface area contributed by atoms with Crippen molar-refractivity contribution in [3.05, 3.63) is 29.8 Å². The van der Waals surface area contributed by atoms with Gasteiger partial charge in [-0.1, -0.05) is 31.5 Å². The maximum atomic E-state index is 12.1. The van der Waals surface area contributed by atoms with Gasteiger partial charge >= 0.3 is 0 Å². The molecule has 2 aliphatic rings. The number of fused-ring (bicyclic) bond motifs is 1. The number of carbonyl (C=O) groups is 1. The second-order valence-electron chi connectivity index (χ2n) is 5.88. The molecule has 0 spiro atoms. The van der Waals surface area contributed by atoms with E-state index in [1.165, 1.54) is 24.8 Å². The smallest absolute Gasteiger partial charge is 0.224 e. The number of benzene rings is 1. The summed E-state index contributed by atoms with van der Waals surface area (Å²) < 4.78 is 0. The summed E-state index contributed by atoms with van der Waals surface area (Å²) in [7, 11) is 0. The second-order valence-corrected chi connectivity index (χ2v) is 5.88. The fourth-order valence-corrected chi connectivity index (χ4v) is 3.64. The summed E-state index contributed by atoms with van der Waals surface area (Å²) in [6.45, 7) is 4.01. The lowest BCUT2D eigenvalue weighted by Crippen LogP contribution is -2.52. The van der Waals surface area contributed by atoms with Crippen LogP contribution in [0.4, 0.5) is 5.69 Å². The zero-order valence-electron chi connectivity index (χ0n) is 11.2. The normalized spacial score (nSPS) is 27.6. The summed E-state index contributed by atoms with van der Waals surface area (Å²) in [5.41, 5.74) is 2.48. The lowest BCUT2D eigenvalue weighted by molar-refractivity contribution is -0.117. The van der Waals surface area contributed by atoms with Crippen molar-refractivity contribution in [2.75, 3.05) is 4.90 Å². The van der Waals surface area contributed by atoms with Crippen LogP contribution in [0.25, 0.3) is 0 Å². The van der Waals surface area contributed by atoms with Crippen molar-refractivity contribution in [1.82, 2.24) is 0 Å². The predicted octanol–water partition coefficient (Wildman–Crippen LogP) is 3.40. The Bertz CT molecular complexity index is 464. The minimum absolute atomic E-state index is 0.200. The molecule has 2 nitrogen and oxygen atoms in total. The molecule has 0 unspecified atom stereocenters. The summed E-state index contributed by atoms with van der Waals surface area (Å²) in [5.74, 6) is 1.50. The van der Waals surface area contributed by atoms with Crippen molar-refractivity contribution in [1.29, 1.82) is 0 Å². The summed E-state index contributed by atoms with van der Waals surface area (Å²) in [6.07, 6.45) is 5.03. The van der Waals surface area contributed by atoms with E-state index in [0.717, 1.165) is 18.0 Å². The van der Waals surface area contributed by atoms with Crippen LogP contribution in [0.3, 0.4) is 0 Å². The quantitative estimate of drug-likeness (QED) is 0.740. The first-order chi connectivity index (χ1) is 8.68. The first-order valence-electron chi connectivity index (χ1n) is 7.06. The van der Waals surface area contributed by atoms with Gasteiger partial charge in [0.15, 0.2) is 0 Å². The zero-order valence-corrected chi connectivity index (χ0v) is 11.2. The molecule has 1 aromatic carbocycles. The number of amides is 1. The number of rotatable bonds is 1. The van der Waals surface area contributed by atoms with Gasteiger partial charge in [-0.05, 0) is 42.7 Å². The van der Waals surface area contributed by atoms with Crippen LogP contribution in [0.2, 0.25) is 0 Å². The number of carbonyl (C=O) groups excluding carboxylic acids is 1. The standard InChI is InChI=1S/C16H21NO/c1-11-10-14-6-3-4-9-15(14)17(12(2)18)16(11)13-7-5-8-13/h3-4,6,9,11,13,16H,5,7-8,10H2,1-2H3/t11-,16-/m1/s1.